The zero-order valence-corrected chi connectivity index (χ0v) is 33.5. The van der Waals surface area contributed by atoms with Gasteiger partial charge in [0.2, 0.25) is 0 Å². The fourth-order valence-electron chi connectivity index (χ4n) is 9.91. The Bertz CT molecular complexity index is 3890. The average molecular weight is 793 g/mol. The zero-order chi connectivity index (χ0) is 40.7. The lowest BCUT2D eigenvalue weighted by Gasteiger charge is -2.29. The fraction of sp³-hybridized carbons (Fsp3) is 0. The molecule has 0 aliphatic rings. The molecule has 3 aromatic heterocycles. The second kappa shape index (κ2) is 13.6. The number of benzene rings is 10. The van der Waals surface area contributed by atoms with E-state index in [9.17, 15) is 0 Å². The molecule has 10 aromatic carbocycles. The van der Waals surface area contributed by atoms with Crippen LogP contribution in [0.15, 0.2) is 227 Å². The first kappa shape index (κ1) is 34.5. The Kier molecular flexibility index (Phi) is 7.57. The predicted octanol–water partition coefficient (Wildman–Crippen LogP) is 16.5. The van der Waals surface area contributed by atoms with Gasteiger partial charge in [0.25, 0.3) is 0 Å². The number of hydrogen-bond acceptors (Lipinski definition) is 3. The summed E-state index contributed by atoms with van der Waals surface area (Å²) in [5.74, 6) is 0. The van der Waals surface area contributed by atoms with Gasteiger partial charge in [-0.3, -0.25) is 0 Å². The van der Waals surface area contributed by atoms with Crippen LogP contribution in [-0.2, 0) is 0 Å². The third-order valence-corrected chi connectivity index (χ3v) is 12.6. The first-order chi connectivity index (χ1) is 30.8. The molecule has 4 nitrogen and oxygen atoms in total. The van der Waals surface area contributed by atoms with Gasteiger partial charge in [-0.15, -0.1) is 0 Å². The Labute approximate surface area is 356 Å². The third kappa shape index (κ3) is 5.14. The van der Waals surface area contributed by atoms with Crippen molar-refractivity contribution in [3.05, 3.63) is 218 Å². The Morgan fingerprint density at radius 2 is 1.00 bits per heavy atom. The van der Waals surface area contributed by atoms with Crippen LogP contribution in [0.1, 0.15) is 0 Å². The smallest absolute Gasteiger partial charge is 0.143 e. The SMILES string of the molecule is c1ccc(-n2c3ccccc3c3c(-c4cccc(N(c5ccccc5-c5cccc6c5oc5ccccc56)c5cccc6oc7c8ccccc8ccc7c56)c4)cccc32)cc1. The van der Waals surface area contributed by atoms with Gasteiger partial charge in [-0.2, -0.15) is 0 Å². The van der Waals surface area contributed by atoms with E-state index in [4.69, 9.17) is 8.83 Å². The summed E-state index contributed by atoms with van der Waals surface area (Å²) in [7, 11) is 0. The minimum absolute atomic E-state index is 0.838. The molecule has 0 N–H and O–H groups in total. The Morgan fingerprint density at radius 3 is 1.94 bits per heavy atom. The quantitative estimate of drug-likeness (QED) is 0.168. The number of furan rings is 2. The van der Waals surface area contributed by atoms with Crippen molar-refractivity contribution in [2.24, 2.45) is 0 Å². The molecular weight excluding hydrogens is 757 g/mol. The molecule has 0 saturated carbocycles. The van der Waals surface area contributed by atoms with Crippen LogP contribution in [0.3, 0.4) is 0 Å². The summed E-state index contributed by atoms with van der Waals surface area (Å²) in [6, 6.07) is 77.9. The normalized spacial score (nSPS) is 11.9. The molecule has 4 heteroatoms. The van der Waals surface area contributed by atoms with Gasteiger partial charge in [-0.05, 0) is 83.2 Å². The summed E-state index contributed by atoms with van der Waals surface area (Å²) in [4.78, 5) is 2.42. The van der Waals surface area contributed by atoms with E-state index in [0.717, 1.165) is 94.1 Å². The van der Waals surface area contributed by atoms with Crippen LogP contribution in [0.25, 0.3) is 104 Å². The highest BCUT2D eigenvalue weighted by Gasteiger charge is 2.25. The highest BCUT2D eigenvalue weighted by Crippen LogP contribution is 2.49. The highest BCUT2D eigenvalue weighted by molar-refractivity contribution is 6.21. The summed E-state index contributed by atoms with van der Waals surface area (Å²) in [6.45, 7) is 0. The molecule has 62 heavy (non-hydrogen) atoms. The van der Waals surface area contributed by atoms with E-state index in [1.165, 1.54) is 27.4 Å². The van der Waals surface area contributed by atoms with Gasteiger partial charge < -0.3 is 18.3 Å². The van der Waals surface area contributed by atoms with Crippen LogP contribution in [0.4, 0.5) is 17.1 Å². The van der Waals surface area contributed by atoms with E-state index in [1.54, 1.807) is 0 Å². The van der Waals surface area contributed by atoms with Crippen LogP contribution in [0, 0.1) is 0 Å². The maximum Gasteiger partial charge on any atom is 0.143 e. The lowest BCUT2D eigenvalue weighted by Crippen LogP contribution is -2.11. The van der Waals surface area contributed by atoms with Crippen molar-refractivity contribution >= 4 is 93.5 Å². The van der Waals surface area contributed by atoms with Crippen molar-refractivity contribution in [1.82, 2.24) is 4.57 Å². The summed E-state index contributed by atoms with van der Waals surface area (Å²) >= 11 is 0. The van der Waals surface area contributed by atoms with E-state index in [0.29, 0.717) is 0 Å². The maximum absolute atomic E-state index is 6.81. The van der Waals surface area contributed by atoms with Gasteiger partial charge in [0, 0.05) is 54.8 Å². The number of para-hydroxylation sites is 5. The van der Waals surface area contributed by atoms with E-state index in [2.05, 4.69) is 222 Å². The number of hydrogen-bond donors (Lipinski definition) is 0. The first-order valence-electron chi connectivity index (χ1n) is 21.1. The van der Waals surface area contributed by atoms with Gasteiger partial charge >= 0.3 is 0 Å². The van der Waals surface area contributed by atoms with Crippen LogP contribution in [0.2, 0.25) is 0 Å². The topological polar surface area (TPSA) is 34.5 Å². The van der Waals surface area contributed by atoms with Crippen LogP contribution >= 0.6 is 0 Å². The highest BCUT2D eigenvalue weighted by atomic mass is 16.3. The summed E-state index contributed by atoms with van der Waals surface area (Å²) in [5, 5.41) is 9.03. The lowest BCUT2D eigenvalue weighted by atomic mass is 9.97. The van der Waals surface area contributed by atoms with Crippen LogP contribution < -0.4 is 4.90 Å². The minimum atomic E-state index is 0.838. The maximum atomic E-state index is 6.81. The summed E-state index contributed by atoms with van der Waals surface area (Å²) < 4.78 is 15.9. The molecule has 0 fully saturated rings. The fourth-order valence-corrected chi connectivity index (χ4v) is 9.91. The van der Waals surface area contributed by atoms with Gasteiger partial charge in [0.05, 0.1) is 27.8 Å². The Balaban J connectivity index is 1.09. The third-order valence-electron chi connectivity index (χ3n) is 12.6. The van der Waals surface area contributed by atoms with Crippen LogP contribution in [-0.4, -0.2) is 4.57 Å². The molecule has 0 saturated heterocycles. The average Bonchev–Trinajstić information content (AvgIpc) is 4.03. The lowest BCUT2D eigenvalue weighted by molar-refractivity contribution is 0.670. The van der Waals surface area contributed by atoms with Crippen molar-refractivity contribution in [3.63, 3.8) is 0 Å². The number of nitrogens with zero attached hydrogens (tertiary/aromatic N) is 2. The molecule has 0 atom stereocenters. The number of aromatic nitrogens is 1. The van der Waals surface area contributed by atoms with Gasteiger partial charge in [-0.25, -0.2) is 0 Å². The molecule has 0 spiro atoms. The van der Waals surface area contributed by atoms with Gasteiger partial charge in [0.1, 0.15) is 22.3 Å². The summed E-state index contributed by atoms with van der Waals surface area (Å²) in [6.07, 6.45) is 0. The van der Waals surface area contributed by atoms with Crippen molar-refractivity contribution in [2.75, 3.05) is 4.90 Å². The molecule has 0 amide bonds. The Hall–Kier alpha value is -8.34. The van der Waals surface area contributed by atoms with E-state index in [1.807, 2.05) is 6.07 Å². The molecule has 13 rings (SSSR count). The second-order valence-corrected chi connectivity index (χ2v) is 16.0. The molecule has 0 bridgehead atoms. The van der Waals surface area contributed by atoms with Crippen molar-refractivity contribution in [2.45, 2.75) is 0 Å². The minimum Gasteiger partial charge on any atom is -0.455 e. The molecule has 290 valence electrons. The van der Waals surface area contributed by atoms with Gasteiger partial charge in [-0.1, -0.05) is 152 Å². The molecule has 0 aliphatic heterocycles. The summed E-state index contributed by atoms with van der Waals surface area (Å²) in [5.41, 5.74) is 14.4. The second-order valence-electron chi connectivity index (χ2n) is 16.0. The monoisotopic (exact) mass is 792 g/mol. The molecule has 3 heterocycles. The standard InChI is InChI=1S/C58H36N2O2/c1-2-18-39(19-3-1)59-50-29-10-7-24-47(50)55-41(25-14-30-51(55)59)38-17-12-20-40(36-38)60(52-31-15-33-54-56(52)48-35-34-37-16-4-5-21-42(37)57(48)62-54)49-28-9-6-22-43(49)45-26-13-27-46-44-23-8-11-32-53(44)61-58(45)46/h1-36H. The van der Waals surface area contributed by atoms with Crippen molar-refractivity contribution in [3.8, 4) is 27.9 Å². The predicted molar refractivity (Wildman–Crippen MR) is 258 cm³/mol. The number of anilines is 3. The first-order valence-corrected chi connectivity index (χ1v) is 21.1. The van der Waals surface area contributed by atoms with E-state index < -0.39 is 0 Å². The van der Waals surface area contributed by atoms with Crippen molar-refractivity contribution < 1.29 is 8.83 Å². The van der Waals surface area contributed by atoms with Crippen LogP contribution in [0.5, 0.6) is 0 Å². The van der Waals surface area contributed by atoms with Crippen molar-refractivity contribution in [1.29, 1.82) is 0 Å². The van der Waals surface area contributed by atoms with E-state index >= 15 is 0 Å². The zero-order valence-electron chi connectivity index (χ0n) is 33.5. The molecule has 0 unspecified atom stereocenters. The molecular formula is C58H36N2O2. The van der Waals surface area contributed by atoms with Gasteiger partial charge in [0.15, 0.2) is 0 Å². The molecule has 0 radical (unpaired) electrons. The number of rotatable bonds is 6. The Morgan fingerprint density at radius 1 is 0.355 bits per heavy atom. The van der Waals surface area contributed by atoms with E-state index in [-0.39, 0.29) is 0 Å². The number of fused-ring (bicyclic) bond motifs is 11. The molecule has 0 aliphatic carbocycles. The molecule has 13 aromatic rings. The largest absolute Gasteiger partial charge is 0.455 e.